The van der Waals surface area contributed by atoms with Crippen LogP contribution in [-0.2, 0) is 6.54 Å². The molecule has 0 saturated heterocycles. The van der Waals surface area contributed by atoms with Crippen LogP contribution in [-0.4, -0.2) is 25.0 Å². The highest BCUT2D eigenvalue weighted by Gasteiger charge is 2.32. The van der Waals surface area contributed by atoms with Gasteiger partial charge in [0.25, 0.3) is 0 Å². The Balaban J connectivity index is 1.97. The molecule has 22 heavy (non-hydrogen) atoms. The zero-order valence-electron chi connectivity index (χ0n) is 13.7. The van der Waals surface area contributed by atoms with Crippen LogP contribution in [0.15, 0.2) is 35.0 Å². The van der Waals surface area contributed by atoms with Crippen LogP contribution >= 0.6 is 0 Å². The molecule has 0 N–H and O–H groups in total. The molecule has 0 amide bonds. The van der Waals surface area contributed by atoms with Gasteiger partial charge in [0.15, 0.2) is 0 Å². The Bertz CT molecular complexity index is 571. The summed E-state index contributed by atoms with van der Waals surface area (Å²) in [5.41, 5.74) is 5.31. The molecule has 1 aromatic carbocycles. The van der Waals surface area contributed by atoms with Gasteiger partial charge in [-0.2, -0.15) is 4.91 Å². The second-order valence-corrected chi connectivity index (χ2v) is 7.02. The van der Waals surface area contributed by atoms with Crippen LogP contribution < -0.4 is 0 Å². The summed E-state index contributed by atoms with van der Waals surface area (Å²) in [5, 5.41) is 3.44. The van der Waals surface area contributed by atoms with E-state index in [1.807, 2.05) is 0 Å². The average molecular weight is 298 g/mol. The summed E-state index contributed by atoms with van der Waals surface area (Å²) in [6.45, 7) is 0.930. The third kappa shape index (κ3) is 3.14. The van der Waals surface area contributed by atoms with E-state index < -0.39 is 0 Å². The maximum Gasteiger partial charge on any atom is 0.118 e. The number of rotatable bonds is 5. The van der Waals surface area contributed by atoms with Crippen molar-refractivity contribution in [2.45, 2.75) is 51.1 Å². The predicted molar refractivity (Wildman–Crippen MR) is 91.5 cm³/mol. The van der Waals surface area contributed by atoms with Crippen molar-refractivity contribution < 1.29 is 0 Å². The normalized spacial score (nSPS) is 22.8. The minimum atomic E-state index is -0.134. The first-order chi connectivity index (χ1) is 10.7. The highest BCUT2D eigenvalue weighted by Crippen LogP contribution is 2.44. The third-order valence-corrected chi connectivity index (χ3v) is 5.08. The lowest BCUT2D eigenvalue weighted by Crippen LogP contribution is -2.11. The van der Waals surface area contributed by atoms with Crippen molar-refractivity contribution in [3.63, 3.8) is 0 Å². The van der Waals surface area contributed by atoms with E-state index in [2.05, 4.69) is 48.4 Å². The Morgan fingerprint density at radius 1 is 1.18 bits per heavy atom. The molecule has 118 valence electrons. The molecule has 0 bridgehead atoms. The zero-order valence-corrected chi connectivity index (χ0v) is 13.7. The Hall–Kier alpha value is -1.48. The summed E-state index contributed by atoms with van der Waals surface area (Å²) in [4.78, 5) is 13.5. The largest absolute Gasteiger partial charge is 0.305 e. The van der Waals surface area contributed by atoms with Crippen LogP contribution in [0, 0.1) is 10.8 Å². The molecule has 1 aromatic rings. The van der Waals surface area contributed by atoms with Crippen molar-refractivity contribution in [3.8, 4) is 0 Å². The van der Waals surface area contributed by atoms with E-state index in [0.717, 1.165) is 19.4 Å². The Morgan fingerprint density at radius 3 is 2.64 bits per heavy atom. The number of hydrogen-bond acceptors (Lipinski definition) is 3. The predicted octanol–water partition coefficient (Wildman–Crippen LogP) is 4.62. The molecule has 0 heterocycles. The zero-order chi connectivity index (χ0) is 15.5. The van der Waals surface area contributed by atoms with Crippen LogP contribution in [0.25, 0.3) is 5.57 Å². The summed E-state index contributed by atoms with van der Waals surface area (Å²) >= 11 is 0. The molecule has 0 spiro atoms. The number of benzene rings is 1. The van der Waals surface area contributed by atoms with E-state index in [1.54, 1.807) is 0 Å². The molecule has 3 rings (SSSR count). The van der Waals surface area contributed by atoms with Crippen molar-refractivity contribution in [3.05, 3.63) is 45.9 Å². The summed E-state index contributed by atoms with van der Waals surface area (Å²) in [7, 11) is 4.17. The van der Waals surface area contributed by atoms with E-state index in [0.29, 0.717) is 5.92 Å². The molecule has 1 saturated carbocycles. The first-order valence-electron chi connectivity index (χ1n) is 8.48. The maximum atomic E-state index is 11.3. The van der Waals surface area contributed by atoms with Gasteiger partial charge in [0.1, 0.15) is 6.04 Å². The van der Waals surface area contributed by atoms with Gasteiger partial charge in [0.2, 0.25) is 0 Å². The average Bonchev–Trinajstić information content (AvgIpc) is 3.15. The first-order valence-corrected chi connectivity index (χ1v) is 8.48. The highest BCUT2D eigenvalue weighted by molar-refractivity contribution is 5.75. The van der Waals surface area contributed by atoms with E-state index in [9.17, 15) is 4.91 Å². The van der Waals surface area contributed by atoms with Gasteiger partial charge in [0, 0.05) is 6.54 Å². The summed E-state index contributed by atoms with van der Waals surface area (Å²) in [6, 6.07) is 8.57. The van der Waals surface area contributed by atoms with Crippen LogP contribution in [0.2, 0.25) is 0 Å². The lowest BCUT2D eigenvalue weighted by Gasteiger charge is -2.17. The monoisotopic (exact) mass is 298 g/mol. The van der Waals surface area contributed by atoms with Crippen molar-refractivity contribution in [2.75, 3.05) is 14.1 Å². The molecule has 1 fully saturated rings. The van der Waals surface area contributed by atoms with Crippen molar-refractivity contribution in [1.29, 1.82) is 0 Å². The smallest absolute Gasteiger partial charge is 0.118 e. The van der Waals surface area contributed by atoms with Crippen molar-refractivity contribution in [2.24, 2.45) is 11.1 Å². The summed E-state index contributed by atoms with van der Waals surface area (Å²) in [5.74, 6) is 0.694. The number of hydrogen-bond donors (Lipinski definition) is 0. The number of nitrogens with zero attached hydrogens (tertiary/aromatic N) is 2. The van der Waals surface area contributed by atoms with Gasteiger partial charge >= 0.3 is 0 Å². The topological polar surface area (TPSA) is 32.7 Å². The lowest BCUT2D eigenvalue weighted by atomic mass is 9.90. The standard InChI is InChI=1S/C19H26N2O/c1-21(2)13-14-6-5-9-16(12-14)19-17(10-11-18(19)20-22)15-7-3-4-8-15/h5-6,9,12,15,18H,3-4,7-8,10-11,13H2,1-2H3. The van der Waals surface area contributed by atoms with Gasteiger partial charge in [-0.1, -0.05) is 47.9 Å². The number of allylic oxidation sites excluding steroid dienone is 1. The molecule has 2 aliphatic carbocycles. The Morgan fingerprint density at radius 2 is 1.95 bits per heavy atom. The fraction of sp³-hybridized carbons (Fsp3) is 0.579. The van der Waals surface area contributed by atoms with Gasteiger partial charge in [-0.15, -0.1) is 0 Å². The molecule has 3 nitrogen and oxygen atoms in total. The van der Waals surface area contributed by atoms with Gasteiger partial charge < -0.3 is 4.90 Å². The molecular formula is C19H26N2O. The molecule has 3 heteroatoms. The van der Waals surface area contributed by atoms with Crippen molar-refractivity contribution in [1.82, 2.24) is 4.90 Å². The van der Waals surface area contributed by atoms with Crippen molar-refractivity contribution >= 4 is 5.57 Å². The Kier molecular flexibility index (Phi) is 4.72. The SMILES string of the molecule is CN(C)Cc1cccc(C2=C(C3CCCC3)CCC2N=O)c1. The molecule has 2 aliphatic rings. The first kappa shape index (κ1) is 15.4. The minimum absolute atomic E-state index is 0.134. The van der Waals surface area contributed by atoms with E-state index in [4.69, 9.17) is 0 Å². The van der Waals surface area contributed by atoms with Gasteiger partial charge in [-0.3, -0.25) is 0 Å². The molecule has 0 aromatic heterocycles. The molecule has 0 aliphatic heterocycles. The fourth-order valence-electron chi connectivity index (χ4n) is 4.17. The lowest BCUT2D eigenvalue weighted by molar-refractivity contribution is 0.402. The number of nitroso groups, excluding NO2 is 1. The van der Waals surface area contributed by atoms with E-state index >= 15 is 0 Å². The van der Waals surface area contributed by atoms with E-state index in [1.165, 1.54) is 48.0 Å². The molecule has 1 unspecified atom stereocenters. The van der Waals surface area contributed by atoms with Crippen LogP contribution in [0.3, 0.4) is 0 Å². The third-order valence-electron chi connectivity index (χ3n) is 5.08. The molecule has 1 atom stereocenters. The minimum Gasteiger partial charge on any atom is -0.305 e. The summed E-state index contributed by atoms with van der Waals surface area (Å²) in [6.07, 6.45) is 7.23. The van der Waals surface area contributed by atoms with Gasteiger partial charge in [-0.05, 0) is 62.4 Å². The van der Waals surface area contributed by atoms with Crippen LogP contribution in [0.5, 0.6) is 0 Å². The Labute approximate surface area is 133 Å². The van der Waals surface area contributed by atoms with Crippen LogP contribution in [0.4, 0.5) is 0 Å². The van der Waals surface area contributed by atoms with E-state index in [-0.39, 0.29) is 6.04 Å². The van der Waals surface area contributed by atoms with Gasteiger partial charge in [0.05, 0.1) is 0 Å². The summed E-state index contributed by atoms with van der Waals surface area (Å²) < 4.78 is 0. The van der Waals surface area contributed by atoms with Crippen LogP contribution in [0.1, 0.15) is 49.7 Å². The quantitative estimate of drug-likeness (QED) is 0.743. The fourth-order valence-corrected chi connectivity index (χ4v) is 4.17. The second kappa shape index (κ2) is 6.74. The highest BCUT2D eigenvalue weighted by atomic mass is 16.3. The molecular weight excluding hydrogens is 272 g/mol. The molecule has 0 radical (unpaired) electrons. The van der Waals surface area contributed by atoms with Gasteiger partial charge in [-0.25, -0.2) is 0 Å². The second-order valence-electron chi connectivity index (χ2n) is 7.02. The maximum absolute atomic E-state index is 11.3.